The summed E-state index contributed by atoms with van der Waals surface area (Å²) < 4.78 is 76.0. The number of rotatable bonds is 7. The second kappa shape index (κ2) is 9.15. The van der Waals surface area contributed by atoms with Gasteiger partial charge >= 0.3 is 0 Å². The molecule has 3 heterocycles. The summed E-state index contributed by atoms with van der Waals surface area (Å²) in [6, 6.07) is 8.07. The van der Waals surface area contributed by atoms with Gasteiger partial charge in [0.15, 0.2) is 0 Å². The summed E-state index contributed by atoms with van der Waals surface area (Å²) in [6.07, 6.45) is 1.69. The number of nitrogens with one attached hydrogen (secondary N) is 1. The molecule has 3 aromatic rings. The van der Waals surface area contributed by atoms with Crippen molar-refractivity contribution in [1.82, 2.24) is 14.2 Å². The molecule has 6 nitrogen and oxygen atoms in total. The summed E-state index contributed by atoms with van der Waals surface area (Å²) in [5.74, 6) is -1.69. The van der Waals surface area contributed by atoms with Gasteiger partial charge in [0.2, 0.25) is 10.0 Å². The van der Waals surface area contributed by atoms with E-state index in [1.807, 2.05) is 29.2 Å². The van der Waals surface area contributed by atoms with Crippen LogP contribution in [0.1, 0.15) is 36.2 Å². The highest BCUT2D eigenvalue weighted by atomic mass is 32.2. The highest BCUT2D eigenvalue weighted by molar-refractivity contribution is 7.88. The lowest BCUT2D eigenvalue weighted by atomic mass is 9.90. The number of ether oxygens (including phenoxy) is 1. The van der Waals surface area contributed by atoms with E-state index in [9.17, 15) is 12.8 Å². The Balaban J connectivity index is 1.52. The summed E-state index contributed by atoms with van der Waals surface area (Å²) in [5.41, 5.74) is 1.79. The monoisotopic (exact) mass is 507 g/mol. The summed E-state index contributed by atoms with van der Waals surface area (Å²) in [4.78, 5) is 5.24. The summed E-state index contributed by atoms with van der Waals surface area (Å²) >= 11 is 0. The second-order valence-electron chi connectivity index (χ2n) is 9.45. The number of hydrogen-bond acceptors (Lipinski definition) is 4. The first-order valence-electron chi connectivity index (χ1n) is 11.7. The lowest BCUT2D eigenvalue weighted by Gasteiger charge is -2.40. The molecule has 0 radical (unpaired) electrons. The van der Waals surface area contributed by atoms with E-state index in [1.54, 1.807) is 6.92 Å². The van der Waals surface area contributed by atoms with Crippen LogP contribution in [0.4, 0.5) is 13.2 Å². The van der Waals surface area contributed by atoms with Crippen molar-refractivity contribution in [3.8, 4) is 5.75 Å². The summed E-state index contributed by atoms with van der Waals surface area (Å²) in [5, 5.41) is 0.913. The van der Waals surface area contributed by atoms with E-state index in [-0.39, 0.29) is 24.1 Å². The van der Waals surface area contributed by atoms with Crippen molar-refractivity contribution in [2.45, 2.75) is 38.0 Å². The quantitative estimate of drug-likeness (QED) is 0.522. The van der Waals surface area contributed by atoms with Crippen LogP contribution in [0.5, 0.6) is 5.75 Å². The number of H-pyrrole nitrogens is 1. The van der Waals surface area contributed by atoms with Crippen LogP contribution < -0.4 is 4.74 Å². The Kier molecular flexibility index (Phi) is 6.31. The number of likely N-dealkylation sites (tertiary alicyclic amines) is 1. The van der Waals surface area contributed by atoms with Crippen LogP contribution in [-0.2, 0) is 16.4 Å². The van der Waals surface area contributed by atoms with E-state index in [4.69, 9.17) is 4.74 Å². The van der Waals surface area contributed by atoms with Crippen molar-refractivity contribution < 1.29 is 26.3 Å². The van der Waals surface area contributed by atoms with Crippen LogP contribution in [0.15, 0.2) is 36.4 Å². The molecule has 1 saturated heterocycles. The third kappa shape index (κ3) is 4.43. The molecular weight excluding hydrogens is 479 g/mol. The molecule has 5 rings (SSSR count). The first-order chi connectivity index (χ1) is 16.7. The fourth-order valence-electron chi connectivity index (χ4n) is 5.38. The number of halogens is 3. The fraction of sp³-hybridized carbons (Fsp3) is 0.440. The van der Waals surface area contributed by atoms with Gasteiger partial charge in [-0.1, -0.05) is 18.2 Å². The maximum absolute atomic E-state index is 15.5. The molecule has 1 aromatic heterocycles. The number of fused-ring (bicyclic) bond motifs is 3. The molecule has 0 bridgehead atoms. The second-order valence-corrected chi connectivity index (χ2v) is 11.3. The molecular formula is C25H28F3N3O3S. The van der Waals surface area contributed by atoms with Gasteiger partial charge in [-0.3, -0.25) is 9.29 Å². The summed E-state index contributed by atoms with van der Waals surface area (Å²) in [7, 11) is -3.81. The van der Waals surface area contributed by atoms with Gasteiger partial charge in [0.05, 0.1) is 19.0 Å². The predicted molar refractivity (Wildman–Crippen MR) is 128 cm³/mol. The minimum absolute atomic E-state index is 0.0468. The lowest BCUT2D eigenvalue weighted by molar-refractivity contribution is 0.0180. The molecule has 0 spiro atoms. The molecule has 1 N–H and O–H groups in total. The van der Waals surface area contributed by atoms with E-state index < -0.39 is 33.7 Å². The topological polar surface area (TPSA) is 65.6 Å². The zero-order valence-corrected chi connectivity index (χ0v) is 20.4. The Morgan fingerprint density at radius 1 is 1.14 bits per heavy atom. The molecule has 2 aliphatic rings. The van der Waals surface area contributed by atoms with E-state index in [1.165, 1.54) is 4.31 Å². The Morgan fingerprint density at radius 2 is 1.83 bits per heavy atom. The van der Waals surface area contributed by atoms with Crippen molar-refractivity contribution in [3.63, 3.8) is 0 Å². The van der Waals surface area contributed by atoms with Crippen LogP contribution in [0.3, 0.4) is 0 Å². The number of aromatic amines is 1. The largest absolute Gasteiger partial charge is 0.488 e. The first-order valence-corrected chi connectivity index (χ1v) is 13.5. The van der Waals surface area contributed by atoms with Crippen molar-refractivity contribution in [2.24, 2.45) is 0 Å². The maximum Gasteiger partial charge on any atom is 0.212 e. The highest BCUT2D eigenvalue weighted by Gasteiger charge is 2.43. The van der Waals surface area contributed by atoms with Gasteiger partial charge in [0.25, 0.3) is 0 Å². The number of sulfonamides is 1. The van der Waals surface area contributed by atoms with Gasteiger partial charge in [-0.2, -0.15) is 4.31 Å². The van der Waals surface area contributed by atoms with Gasteiger partial charge in [-0.05, 0) is 31.4 Å². The third-order valence-electron chi connectivity index (χ3n) is 6.85. The van der Waals surface area contributed by atoms with Gasteiger partial charge < -0.3 is 9.72 Å². The Morgan fingerprint density at radius 3 is 2.49 bits per heavy atom. The molecule has 188 valence electrons. The van der Waals surface area contributed by atoms with Gasteiger partial charge in [0.1, 0.15) is 23.5 Å². The first kappa shape index (κ1) is 24.1. The molecule has 2 atom stereocenters. The van der Waals surface area contributed by atoms with E-state index in [0.717, 1.165) is 34.9 Å². The number of para-hydroxylation sites is 1. The molecule has 0 saturated carbocycles. The molecule has 35 heavy (non-hydrogen) atoms. The van der Waals surface area contributed by atoms with E-state index >= 15 is 8.78 Å². The maximum atomic E-state index is 15.5. The fourth-order valence-corrected chi connectivity index (χ4v) is 6.70. The number of hydrogen-bond donors (Lipinski definition) is 1. The average Bonchev–Trinajstić information content (AvgIpc) is 3.12. The molecule has 0 amide bonds. The van der Waals surface area contributed by atoms with Crippen molar-refractivity contribution >= 4 is 20.9 Å². The van der Waals surface area contributed by atoms with Gasteiger partial charge in [-0.25, -0.2) is 17.2 Å². The van der Waals surface area contributed by atoms with Crippen molar-refractivity contribution in [1.29, 1.82) is 0 Å². The third-order valence-corrected chi connectivity index (χ3v) is 8.19. The van der Waals surface area contributed by atoms with Gasteiger partial charge in [-0.15, -0.1) is 0 Å². The molecule has 1 fully saturated rings. The van der Waals surface area contributed by atoms with Crippen molar-refractivity contribution in [3.05, 3.63) is 64.9 Å². The zero-order valence-electron chi connectivity index (χ0n) is 19.6. The number of alkyl halides is 1. The number of benzene rings is 2. The minimum Gasteiger partial charge on any atom is -0.488 e. The van der Waals surface area contributed by atoms with E-state index in [0.29, 0.717) is 38.2 Å². The van der Waals surface area contributed by atoms with Gasteiger partial charge in [0, 0.05) is 60.0 Å². The van der Waals surface area contributed by atoms with Crippen LogP contribution in [0.2, 0.25) is 0 Å². The molecule has 10 heteroatoms. The Bertz CT molecular complexity index is 1330. The SMILES string of the molecule is C[C@@H]1Cc2c([nH]c3ccccc23)[C@@H](c2c(F)cc(OC3CN(CCCF)C3)cc2F)N1S(C)(=O)=O. The van der Waals surface area contributed by atoms with E-state index in [2.05, 4.69) is 4.98 Å². The van der Waals surface area contributed by atoms with Crippen LogP contribution in [0, 0.1) is 11.6 Å². The molecule has 0 aliphatic carbocycles. The predicted octanol–water partition coefficient (Wildman–Crippen LogP) is 4.16. The van der Waals surface area contributed by atoms with Crippen LogP contribution >= 0.6 is 0 Å². The normalized spacial score (nSPS) is 21.7. The average molecular weight is 508 g/mol. The number of aromatic nitrogens is 1. The summed E-state index contributed by atoms with van der Waals surface area (Å²) in [6.45, 7) is 3.10. The van der Waals surface area contributed by atoms with Crippen LogP contribution in [0.25, 0.3) is 10.9 Å². The molecule has 2 aromatic carbocycles. The van der Waals surface area contributed by atoms with Crippen molar-refractivity contribution in [2.75, 3.05) is 32.6 Å². The zero-order chi connectivity index (χ0) is 24.9. The minimum atomic E-state index is -3.81. The molecule has 0 unspecified atom stereocenters. The lowest BCUT2D eigenvalue weighted by Crippen LogP contribution is -2.53. The Hall–Kier alpha value is -2.56. The smallest absolute Gasteiger partial charge is 0.212 e. The Labute approximate surface area is 202 Å². The van der Waals surface area contributed by atoms with Crippen LogP contribution in [-0.4, -0.2) is 67.3 Å². The standard InChI is InChI=1S/C25H28F3N3O3S/c1-15-10-19-18-6-3-4-7-22(18)29-24(19)25(31(15)35(2,32)33)23-20(27)11-16(12-21(23)28)34-17-13-30(14-17)9-5-8-26/h3-4,6-7,11-12,15,17,25,29H,5,8-10,13-14H2,1-2H3/t15-,25-/m1/s1. The molecule has 2 aliphatic heterocycles. The highest BCUT2D eigenvalue weighted by Crippen LogP contribution is 2.44. The number of nitrogens with zero attached hydrogens (tertiary/aromatic N) is 2.